The zero-order chi connectivity index (χ0) is 24.4. The third kappa shape index (κ3) is 4.81. The molecule has 1 fully saturated rings. The van der Waals surface area contributed by atoms with Crippen molar-refractivity contribution in [1.82, 2.24) is 9.80 Å². The van der Waals surface area contributed by atoms with E-state index < -0.39 is 6.04 Å². The molecule has 3 heterocycles. The number of carbonyl (C=O) groups excluding carboxylic acids is 1. The molecular formula is C27H29ClN2O5. The zero-order valence-corrected chi connectivity index (χ0v) is 20.6. The van der Waals surface area contributed by atoms with Gasteiger partial charge in [-0.15, -0.1) is 0 Å². The van der Waals surface area contributed by atoms with E-state index in [1.165, 1.54) is 0 Å². The summed E-state index contributed by atoms with van der Waals surface area (Å²) in [7, 11) is 0. The van der Waals surface area contributed by atoms with Gasteiger partial charge in [0.1, 0.15) is 11.3 Å². The molecular weight excluding hydrogens is 468 g/mol. The number of morpholine rings is 1. The fourth-order valence-corrected chi connectivity index (χ4v) is 5.03. The lowest BCUT2D eigenvalue weighted by molar-refractivity contribution is 0.0353. The van der Waals surface area contributed by atoms with E-state index in [-0.39, 0.29) is 17.1 Å². The van der Waals surface area contributed by atoms with E-state index in [0.717, 1.165) is 51.3 Å². The average Bonchev–Trinajstić information content (AvgIpc) is 3.16. The third-order valence-electron chi connectivity index (χ3n) is 6.55. The molecule has 0 unspecified atom stereocenters. The fourth-order valence-electron chi connectivity index (χ4n) is 4.85. The summed E-state index contributed by atoms with van der Waals surface area (Å²) in [6.07, 6.45) is 1.67. The number of halogens is 1. The van der Waals surface area contributed by atoms with Crippen LogP contribution in [0.15, 0.2) is 51.7 Å². The van der Waals surface area contributed by atoms with Gasteiger partial charge in [0.25, 0.3) is 5.91 Å². The molecule has 7 nitrogen and oxygen atoms in total. The van der Waals surface area contributed by atoms with Crippen molar-refractivity contribution in [2.24, 2.45) is 0 Å². The molecule has 1 saturated heterocycles. The van der Waals surface area contributed by atoms with Crippen LogP contribution in [0.5, 0.6) is 5.75 Å². The first-order valence-electron chi connectivity index (χ1n) is 12.2. The first kappa shape index (κ1) is 23.9. The maximum Gasteiger partial charge on any atom is 0.290 e. The lowest BCUT2D eigenvalue weighted by Gasteiger charge is -2.29. The highest BCUT2D eigenvalue weighted by Crippen LogP contribution is 2.39. The summed E-state index contributed by atoms with van der Waals surface area (Å²) >= 11 is 6.18. The first-order valence-corrected chi connectivity index (χ1v) is 12.5. The maximum atomic E-state index is 13.7. The van der Waals surface area contributed by atoms with E-state index in [2.05, 4.69) is 4.90 Å². The van der Waals surface area contributed by atoms with Crippen LogP contribution in [0.4, 0.5) is 0 Å². The van der Waals surface area contributed by atoms with Crippen LogP contribution in [0.3, 0.4) is 0 Å². The summed E-state index contributed by atoms with van der Waals surface area (Å²) in [5.41, 5.74) is 1.33. The van der Waals surface area contributed by atoms with Gasteiger partial charge in [-0.1, -0.05) is 30.7 Å². The molecule has 1 amide bonds. The molecule has 2 aliphatic rings. The molecule has 0 bridgehead atoms. The predicted molar refractivity (Wildman–Crippen MR) is 134 cm³/mol. The fraction of sp³-hybridized carbons (Fsp3) is 0.407. The Morgan fingerprint density at radius 2 is 1.91 bits per heavy atom. The van der Waals surface area contributed by atoms with Crippen LogP contribution in [0.2, 0.25) is 5.02 Å². The second-order valence-corrected chi connectivity index (χ2v) is 9.38. The highest BCUT2D eigenvalue weighted by atomic mass is 35.5. The lowest BCUT2D eigenvalue weighted by Crippen LogP contribution is -2.38. The number of benzene rings is 2. The van der Waals surface area contributed by atoms with Crippen LogP contribution >= 0.6 is 11.6 Å². The SMILES string of the molecule is CCCOc1cccc([C@@H]2c3c(oc4ccc(Cl)cc4c3=O)C(=O)N2CCCN2CCOCC2)c1. The van der Waals surface area contributed by atoms with Gasteiger partial charge in [0.05, 0.1) is 36.8 Å². The molecule has 35 heavy (non-hydrogen) atoms. The number of fused-ring (bicyclic) bond motifs is 2. The van der Waals surface area contributed by atoms with Gasteiger partial charge in [0, 0.05) is 31.2 Å². The van der Waals surface area contributed by atoms with Gasteiger partial charge in [-0.3, -0.25) is 14.5 Å². The zero-order valence-electron chi connectivity index (χ0n) is 19.8. The van der Waals surface area contributed by atoms with E-state index in [1.807, 2.05) is 31.2 Å². The Bertz CT molecular complexity index is 1280. The Hall–Kier alpha value is -2.87. The molecule has 0 aliphatic carbocycles. The van der Waals surface area contributed by atoms with Gasteiger partial charge < -0.3 is 18.8 Å². The van der Waals surface area contributed by atoms with E-state index >= 15 is 0 Å². The summed E-state index contributed by atoms with van der Waals surface area (Å²) in [5.74, 6) is 0.564. The van der Waals surface area contributed by atoms with Crippen LogP contribution in [-0.2, 0) is 4.74 Å². The number of hydrogen-bond acceptors (Lipinski definition) is 6. The Labute approximate surface area is 209 Å². The molecule has 0 saturated carbocycles. The number of rotatable bonds is 8. The topological polar surface area (TPSA) is 72.2 Å². The van der Waals surface area contributed by atoms with E-state index in [0.29, 0.717) is 40.5 Å². The summed E-state index contributed by atoms with van der Waals surface area (Å²) in [6, 6.07) is 12.0. The quantitative estimate of drug-likeness (QED) is 0.457. The van der Waals surface area contributed by atoms with Gasteiger partial charge >= 0.3 is 0 Å². The monoisotopic (exact) mass is 496 g/mol. The van der Waals surface area contributed by atoms with E-state index in [1.54, 1.807) is 23.1 Å². The summed E-state index contributed by atoms with van der Waals surface area (Å²) in [4.78, 5) is 31.4. The van der Waals surface area contributed by atoms with Crippen molar-refractivity contribution in [2.45, 2.75) is 25.8 Å². The van der Waals surface area contributed by atoms with Crippen LogP contribution < -0.4 is 10.2 Å². The molecule has 2 aromatic carbocycles. The molecule has 184 valence electrons. The van der Waals surface area contributed by atoms with Gasteiger partial charge in [-0.05, 0) is 48.7 Å². The molecule has 1 atom stereocenters. The number of amides is 1. The minimum atomic E-state index is -0.549. The Balaban J connectivity index is 1.53. The molecule has 5 rings (SSSR count). The average molecular weight is 497 g/mol. The van der Waals surface area contributed by atoms with Crippen molar-refractivity contribution in [3.05, 3.63) is 74.6 Å². The van der Waals surface area contributed by atoms with Crippen LogP contribution in [-0.4, -0.2) is 61.7 Å². The standard InChI is InChI=1S/C27H29ClN2O5/c1-2-13-34-20-6-3-5-18(16-20)24-23-25(31)21-17-19(28)7-8-22(21)35-26(23)27(32)30(24)10-4-9-29-11-14-33-15-12-29/h3,5-8,16-17,24H,2,4,9-15H2,1H3/t24-/m1/s1. The molecule has 0 spiro atoms. The summed E-state index contributed by atoms with van der Waals surface area (Å²) in [6.45, 7) is 7.24. The van der Waals surface area contributed by atoms with Crippen LogP contribution in [0.1, 0.15) is 47.5 Å². The molecule has 8 heteroatoms. The number of ether oxygens (including phenoxy) is 2. The molecule has 1 aromatic heterocycles. The number of nitrogens with zero attached hydrogens (tertiary/aromatic N) is 2. The summed E-state index contributed by atoms with van der Waals surface area (Å²) in [5, 5.41) is 0.825. The van der Waals surface area contributed by atoms with Crippen LogP contribution in [0.25, 0.3) is 11.0 Å². The largest absolute Gasteiger partial charge is 0.494 e. The number of carbonyl (C=O) groups is 1. The molecule has 0 N–H and O–H groups in total. The van der Waals surface area contributed by atoms with Gasteiger partial charge in [-0.2, -0.15) is 0 Å². The molecule has 0 radical (unpaired) electrons. The van der Waals surface area contributed by atoms with Crippen molar-refractivity contribution < 1.29 is 18.7 Å². The van der Waals surface area contributed by atoms with Gasteiger partial charge in [0.2, 0.25) is 5.76 Å². The van der Waals surface area contributed by atoms with E-state index in [9.17, 15) is 9.59 Å². The lowest BCUT2D eigenvalue weighted by atomic mass is 9.98. The third-order valence-corrected chi connectivity index (χ3v) is 6.79. The number of hydrogen-bond donors (Lipinski definition) is 0. The van der Waals surface area contributed by atoms with Crippen LogP contribution in [0, 0.1) is 0 Å². The highest BCUT2D eigenvalue weighted by molar-refractivity contribution is 6.31. The predicted octanol–water partition coefficient (Wildman–Crippen LogP) is 4.50. The van der Waals surface area contributed by atoms with Gasteiger partial charge in [0.15, 0.2) is 5.43 Å². The highest BCUT2D eigenvalue weighted by Gasteiger charge is 2.42. The second kappa shape index (κ2) is 10.4. The van der Waals surface area contributed by atoms with Gasteiger partial charge in [-0.25, -0.2) is 0 Å². The Morgan fingerprint density at radius 3 is 2.71 bits per heavy atom. The minimum absolute atomic E-state index is 0.112. The van der Waals surface area contributed by atoms with Crippen molar-refractivity contribution in [3.8, 4) is 5.75 Å². The normalized spacial score (nSPS) is 18.3. The Kier molecular flexibility index (Phi) is 7.09. The molecule has 3 aromatic rings. The van der Waals surface area contributed by atoms with Crippen molar-refractivity contribution in [3.63, 3.8) is 0 Å². The van der Waals surface area contributed by atoms with E-state index in [4.69, 9.17) is 25.5 Å². The Morgan fingerprint density at radius 1 is 1.09 bits per heavy atom. The summed E-state index contributed by atoms with van der Waals surface area (Å²) < 4.78 is 17.3. The minimum Gasteiger partial charge on any atom is -0.494 e. The van der Waals surface area contributed by atoms with Crippen molar-refractivity contribution in [1.29, 1.82) is 0 Å². The smallest absolute Gasteiger partial charge is 0.290 e. The molecule has 2 aliphatic heterocycles. The van der Waals surface area contributed by atoms with Crippen molar-refractivity contribution in [2.75, 3.05) is 46.0 Å². The van der Waals surface area contributed by atoms with Crippen molar-refractivity contribution >= 4 is 28.5 Å². The second-order valence-electron chi connectivity index (χ2n) is 8.94. The maximum absolute atomic E-state index is 13.7. The first-order chi connectivity index (χ1) is 17.1.